The van der Waals surface area contributed by atoms with E-state index in [1.165, 1.54) is 23.9 Å². The van der Waals surface area contributed by atoms with Gasteiger partial charge in [0.05, 0.1) is 15.9 Å². The molecule has 1 aromatic carbocycles. The highest BCUT2D eigenvalue weighted by atomic mass is 79.9. The lowest BCUT2D eigenvalue weighted by Gasteiger charge is -2.38. The monoisotopic (exact) mass is 468 g/mol. The van der Waals surface area contributed by atoms with Gasteiger partial charge in [-0.2, -0.15) is 13.2 Å². The summed E-state index contributed by atoms with van der Waals surface area (Å²) in [6.07, 6.45) is -2.31. The summed E-state index contributed by atoms with van der Waals surface area (Å²) in [6, 6.07) is 5.26. The minimum absolute atomic E-state index is 0.0745. The Hall–Kier alpha value is -1.03. The van der Waals surface area contributed by atoms with Crippen LogP contribution >= 0.6 is 27.7 Å². The molecule has 0 saturated carbocycles. The van der Waals surface area contributed by atoms with E-state index in [0.717, 1.165) is 12.1 Å². The van der Waals surface area contributed by atoms with Gasteiger partial charge in [0.1, 0.15) is 6.10 Å². The first-order chi connectivity index (χ1) is 12.6. The van der Waals surface area contributed by atoms with E-state index in [-0.39, 0.29) is 9.37 Å². The van der Waals surface area contributed by atoms with Crippen molar-refractivity contribution in [1.82, 2.24) is 5.48 Å². The molecule has 152 valence electrons. The summed E-state index contributed by atoms with van der Waals surface area (Å²) in [5.41, 5.74) is 1.70. The molecule has 4 nitrogen and oxygen atoms in total. The van der Waals surface area contributed by atoms with Gasteiger partial charge in [0, 0.05) is 16.2 Å². The summed E-state index contributed by atoms with van der Waals surface area (Å²) in [5.74, 6) is 0. The normalized spacial score (nSPS) is 23.3. The van der Waals surface area contributed by atoms with Gasteiger partial charge in [0.2, 0.25) is 0 Å². The number of halogens is 4. The molecule has 1 fully saturated rings. The Labute approximate surface area is 170 Å². The number of hydrogen-bond donors (Lipinski definition) is 3. The van der Waals surface area contributed by atoms with Crippen molar-refractivity contribution >= 4 is 32.3 Å². The first-order valence-corrected chi connectivity index (χ1v) is 10.1. The maximum Gasteiger partial charge on any atom is 0.416 e. The zero-order valence-electron chi connectivity index (χ0n) is 15.4. The number of hydrogen-bond acceptors (Lipinski definition) is 5. The predicted molar refractivity (Wildman–Crippen MR) is 106 cm³/mol. The summed E-state index contributed by atoms with van der Waals surface area (Å²) >= 11 is 4.35. The number of rotatable bonds is 5. The van der Waals surface area contributed by atoms with Crippen LogP contribution in [0.15, 0.2) is 40.9 Å². The smallest absolute Gasteiger partial charge is 0.372 e. The van der Waals surface area contributed by atoms with Gasteiger partial charge in [0.25, 0.3) is 0 Å². The van der Waals surface area contributed by atoms with Crippen LogP contribution in [-0.4, -0.2) is 27.3 Å². The summed E-state index contributed by atoms with van der Waals surface area (Å²) in [7, 11) is 0. The molecule has 2 rings (SSSR count). The molecule has 1 saturated heterocycles. The molecule has 27 heavy (non-hydrogen) atoms. The molecular formula is C18H24BrF3N2O2S. The van der Waals surface area contributed by atoms with Gasteiger partial charge in [-0.3, -0.25) is 16.1 Å². The summed E-state index contributed by atoms with van der Waals surface area (Å²) in [5, 5.41) is 16.7. The van der Waals surface area contributed by atoms with Gasteiger partial charge in [-0.15, -0.1) is 11.8 Å². The maximum atomic E-state index is 12.9. The van der Waals surface area contributed by atoms with Crippen molar-refractivity contribution in [1.29, 1.82) is 5.41 Å². The molecule has 1 heterocycles. The summed E-state index contributed by atoms with van der Waals surface area (Å²) in [6.45, 7) is 6.36. The number of nitrogens with one attached hydrogen (secondary N) is 2. The molecule has 2 atom stereocenters. The second-order valence-electron chi connectivity index (χ2n) is 5.95. The third-order valence-electron chi connectivity index (χ3n) is 3.85. The topological polar surface area (TPSA) is 65.3 Å². The molecule has 0 radical (unpaired) electrons. The number of benzene rings is 1. The van der Waals surface area contributed by atoms with E-state index in [0.29, 0.717) is 30.0 Å². The fraction of sp³-hybridized carbons (Fsp3) is 0.500. The molecule has 0 amide bonds. The third kappa shape index (κ3) is 7.48. The van der Waals surface area contributed by atoms with E-state index in [1.54, 1.807) is 6.07 Å². The van der Waals surface area contributed by atoms with Crippen molar-refractivity contribution in [2.45, 2.75) is 55.5 Å². The van der Waals surface area contributed by atoms with Crippen LogP contribution in [0.5, 0.6) is 0 Å². The zero-order chi connectivity index (χ0) is 20.7. The maximum absolute atomic E-state index is 12.9. The van der Waals surface area contributed by atoms with Gasteiger partial charge in [-0.25, -0.2) is 0 Å². The quantitative estimate of drug-likeness (QED) is 0.366. The van der Waals surface area contributed by atoms with E-state index >= 15 is 0 Å². The lowest BCUT2D eigenvalue weighted by Crippen LogP contribution is -2.39. The van der Waals surface area contributed by atoms with Gasteiger partial charge in [-0.1, -0.05) is 19.9 Å². The Morgan fingerprint density at radius 3 is 2.67 bits per heavy atom. The molecule has 0 aromatic heterocycles. The molecule has 0 aliphatic carbocycles. The number of ether oxygens (including phenoxy) is 1. The van der Waals surface area contributed by atoms with Crippen LogP contribution in [0, 0.1) is 5.41 Å². The fourth-order valence-corrected chi connectivity index (χ4v) is 4.19. The summed E-state index contributed by atoms with van der Waals surface area (Å²) in [4.78, 5) is 0.536. The van der Waals surface area contributed by atoms with Gasteiger partial charge in [-0.05, 0) is 60.0 Å². The Bertz CT molecular complexity index is 670. The molecule has 3 N–H and O–H groups in total. The molecule has 0 spiro atoms. The predicted octanol–water partition coefficient (Wildman–Crippen LogP) is 6.00. The first kappa shape index (κ1) is 24.0. The van der Waals surface area contributed by atoms with Crippen molar-refractivity contribution in [3.05, 3.63) is 41.6 Å². The number of allylic oxidation sites excluding steroid dienone is 1. The van der Waals surface area contributed by atoms with Crippen molar-refractivity contribution < 1.29 is 23.1 Å². The van der Waals surface area contributed by atoms with Crippen LogP contribution in [0.3, 0.4) is 0 Å². The fourth-order valence-electron chi connectivity index (χ4n) is 2.62. The molecule has 1 aliphatic rings. The van der Waals surface area contributed by atoms with E-state index in [9.17, 15) is 18.4 Å². The largest absolute Gasteiger partial charge is 0.416 e. The molecule has 9 heteroatoms. The van der Waals surface area contributed by atoms with Crippen molar-refractivity contribution in [3.8, 4) is 0 Å². The summed E-state index contributed by atoms with van der Waals surface area (Å²) < 4.78 is 44.0. The standard InChI is InChI=1S/C16H18BrF3N2O2S.C2H6/c1-15(25-11-4-2-3-10(7-11)16(18,19)20)5-6-24-13(9-15)12(22-23)8-14(17)21;1-2/h2-4,7-8,13,21-23H,5-6,9H2,1H3;1-2H3/b12-8-,21-14?;. The minimum atomic E-state index is -4.37. The Kier molecular flexibility index (Phi) is 9.33. The van der Waals surface area contributed by atoms with Gasteiger partial charge < -0.3 is 4.74 Å². The number of thioether (sulfide) groups is 1. The van der Waals surface area contributed by atoms with E-state index in [2.05, 4.69) is 15.9 Å². The second-order valence-corrected chi connectivity index (χ2v) is 8.47. The molecule has 1 aliphatic heterocycles. The Morgan fingerprint density at radius 1 is 1.44 bits per heavy atom. The average molecular weight is 469 g/mol. The highest BCUT2D eigenvalue weighted by molar-refractivity contribution is 9.18. The van der Waals surface area contributed by atoms with Crippen molar-refractivity contribution in [2.75, 3.05) is 6.61 Å². The van der Waals surface area contributed by atoms with Gasteiger partial charge in [0.15, 0.2) is 0 Å². The second kappa shape index (κ2) is 10.5. The Morgan fingerprint density at radius 2 is 2.11 bits per heavy atom. The third-order valence-corrected chi connectivity index (χ3v) is 5.43. The molecule has 0 bridgehead atoms. The highest BCUT2D eigenvalue weighted by Gasteiger charge is 2.36. The SMILES string of the molecule is CC.CC1(Sc2cccc(C(F)(F)F)c2)CCOC(/C(=C/C(=N)Br)NO)C1. The van der Waals surface area contributed by atoms with Crippen LogP contribution in [0.4, 0.5) is 13.2 Å². The van der Waals surface area contributed by atoms with Gasteiger partial charge >= 0.3 is 6.18 Å². The van der Waals surface area contributed by atoms with Crippen molar-refractivity contribution in [2.24, 2.45) is 0 Å². The molecular weight excluding hydrogens is 445 g/mol. The first-order valence-electron chi connectivity index (χ1n) is 8.46. The highest BCUT2D eigenvalue weighted by Crippen LogP contribution is 2.44. The van der Waals surface area contributed by atoms with E-state index < -0.39 is 17.8 Å². The average Bonchev–Trinajstić information content (AvgIpc) is 2.60. The molecule has 2 unspecified atom stereocenters. The number of hydroxylamine groups is 1. The van der Waals surface area contributed by atoms with E-state index in [1.807, 2.05) is 26.3 Å². The Balaban J connectivity index is 0.00000176. The van der Waals surface area contributed by atoms with Crippen LogP contribution in [0.2, 0.25) is 0 Å². The molecule has 1 aromatic rings. The van der Waals surface area contributed by atoms with E-state index in [4.69, 9.17) is 10.1 Å². The number of alkyl halides is 3. The van der Waals surface area contributed by atoms with Crippen LogP contribution in [-0.2, 0) is 10.9 Å². The minimum Gasteiger partial charge on any atom is -0.372 e. The lowest BCUT2D eigenvalue weighted by molar-refractivity contribution is -0.137. The lowest BCUT2D eigenvalue weighted by atomic mass is 9.95. The van der Waals surface area contributed by atoms with Crippen LogP contribution < -0.4 is 5.48 Å². The van der Waals surface area contributed by atoms with Crippen molar-refractivity contribution in [3.63, 3.8) is 0 Å². The zero-order valence-corrected chi connectivity index (χ0v) is 17.8. The van der Waals surface area contributed by atoms with Crippen LogP contribution in [0.1, 0.15) is 39.2 Å². The van der Waals surface area contributed by atoms with Crippen LogP contribution in [0.25, 0.3) is 0 Å².